The minimum atomic E-state index is -3.00. The Hall–Kier alpha value is -2.88. The molecule has 1 aliphatic rings. The van der Waals surface area contributed by atoms with Gasteiger partial charge < -0.3 is 4.84 Å². The fourth-order valence-corrected chi connectivity index (χ4v) is 6.24. The van der Waals surface area contributed by atoms with Gasteiger partial charge in [0, 0.05) is 41.2 Å². The van der Waals surface area contributed by atoms with Gasteiger partial charge in [0.15, 0.2) is 15.0 Å². The second kappa shape index (κ2) is 11.5. The van der Waals surface area contributed by atoms with E-state index in [-0.39, 0.29) is 24.5 Å². The molecule has 2 heterocycles. The molecule has 188 valence electrons. The summed E-state index contributed by atoms with van der Waals surface area (Å²) < 4.78 is 23.5. The highest BCUT2D eigenvalue weighted by Crippen LogP contribution is 2.42. The number of anilines is 1. The molecule has 0 spiro atoms. The summed E-state index contributed by atoms with van der Waals surface area (Å²) in [7, 11) is -3.00. The van der Waals surface area contributed by atoms with Crippen molar-refractivity contribution in [2.24, 2.45) is 0 Å². The Kier molecular flexibility index (Phi) is 8.33. The summed E-state index contributed by atoms with van der Waals surface area (Å²) in [4.78, 5) is 20.1. The number of rotatable bonds is 7. The van der Waals surface area contributed by atoms with Crippen LogP contribution in [0.3, 0.4) is 0 Å². The number of sulfone groups is 1. The number of benzene rings is 2. The van der Waals surface area contributed by atoms with Crippen LogP contribution in [0.25, 0.3) is 21.7 Å². The quantitative estimate of drug-likeness (QED) is 0.188. The topological polar surface area (TPSA) is 115 Å². The van der Waals surface area contributed by atoms with Crippen LogP contribution in [0.4, 0.5) is 5.13 Å². The van der Waals surface area contributed by atoms with Crippen LogP contribution in [0.2, 0.25) is 10.0 Å². The molecule has 0 bridgehead atoms. The zero-order valence-corrected chi connectivity index (χ0v) is 21.9. The van der Waals surface area contributed by atoms with Gasteiger partial charge in [-0.1, -0.05) is 64.6 Å². The van der Waals surface area contributed by atoms with Gasteiger partial charge in [0.25, 0.3) is 5.09 Å². The third-order valence-corrected chi connectivity index (χ3v) is 8.37. The van der Waals surface area contributed by atoms with Crippen molar-refractivity contribution < 1.29 is 18.3 Å². The normalized spacial score (nSPS) is 15.1. The van der Waals surface area contributed by atoms with E-state index in [2.05, 4.69) is 22.1 Å². The molecule has 1 N–H and O–H groups in total. The Morgan fingerprint density at radius 2 is 1.89 bits per heavy atom. The van der Waals surface area contributed by atoms with Crippen LogP contribution in [0.1, 0.15) is 12.0 Å². The molecule has 0 aliphatic carbocycles. The summed E-state index contributed by atoms with van der Waals surface area (Å²) in [6.45, 7) is 0.656. The average molecular weight is 567 g/mol. The van der Waals surface area contributed by atoms with E-state index < -0.39 is 14.9 Å². The molecule has 0 amide bonds. The predicted octanol–water partition coefficient (Wildman–Crippen LogP) is 4.79. The van der Waals surface area contributed by atoms with Crippen molar-refractivity contribution in [2.45, 2.75) is 6.42 Å². The van der Waals surface area contributed by atoms with E-state index in [0.717, 1.165) is 21.6 Å². The summed E-state index contributed by atoms with van der Waals surface area (Å²) >= 11 is 14.0. The first-order valence-electron chi connectivity index (χ1n) is 10.7. The third-order valence-electron chi connectivity index (χ3n) is 5.22. The molecule has 9 nitrogen and oxygen atoms in total. The number of halogens is 2. The van der Waals surface area contributed by atoms with Crippen LogP contribution >= 0.6 is 34.5 Å². The number of hydrogen-bond donors (Lipinski definition) is 1. The van der Waals surface area contributed by atoms with Crippen LogP contribution in [0, 0.1) is 22.0 Å². The van der Waals surface area contributed by atoms with Gasteiger partial charge in [-0.2, -0.15) is 0 Å². The summed E-state index contributed by atoms with van der Waals surface area (Å²) in [5.74, 6) is 5.97. The first kappa shape index (κ1) is 26.2. The highest BCUT2D eigenvalue weighted by atomic mass is 35.5. The van der Waals surface area contributed by atoms with E-state index in [1.165, 1.54) is 11.3 Å². The molecule has 4 rings (SSSR count). The standard InChI is InChI=1S/C23H20Cl2N4O5S2/c24-18-8-9-19(20(25)15-18)22-21(26-23(35-22)27-28-10-13-36(32,33)14-11-28)17-6-4-16(5-7-17)3-1-2-12-34-29(30)31/h4-9,15H,2,10-14H2,(H,26,27). The summed E-state index contributed by atoms with van der Waals surface area (Å²) in [6.07, 6.45) is 0.237. The lowest BCUT2D eigenvalue weighted by atomic mass is 10.1. The Morgan fingerprint density at radius 1 is 1.17 bits per heavy atom. The molecular weight excluding hydrogens is 547 g/mol. The first-order chi connectivity index (χ1) is 17.2. The third kappa shape index (κ3) is 6.87. The lowest BCUT2D eigenvalue weighted by molar-refractivity contribution is -0.757. The van der Waals surface area contributed by atoms with Crippen molar-refractivity contribution in [3.63, 3.8) is 0 Å². The van der Waals surface area contributed by atoms with E-state index >= 15 is 0 Å². The monoisotopic (exact) mass is 566 g/mol. The van der Waals surface area contributed by atoms with E-state index in [9.17, 15) is 18.5 Å². The van der Waals surface area contributed by atoms with Gasteiger partial charge in [0.2, 0.25) is 0 Å². The molecule has 1 aliphatic heterocycles. The number of thiazole rings is 1. The molecule has 1 aromatic heterocycles. The van der Waals surface area contributed by atoms with Crippen LogP contribution in [0.5, 0.6) is 0 Å². The van der Waals surface area contributed by atoms with Gasteiger partial charge in [-0.15, -0.1) is 10.1 Å². The number of hydrazine groups is 1. The van der Waals surface area contributed by atoms with E-state index in [1.54, 1.807) is 12.1 Å². The van der Waals surface area contributed by atoms with Crippen molar-refractivity contribution in [3.05, 3.63) is 68.2 Å². The van der Waals surface area contributed by atoms with Gasteiger partial charge in [0.1, 0.15) is 6.61 Å². The Morgan fingerprint density at radius 3 is 2.56 bits per heavy atom. The van der Waals surface area contributed by atoms with Crippen LogP contribution in [-0.2, 0) is 14.7 Å². The number of nitrogens with zero attached hydrogens (tertiary/aromatic N) is 3. The van der Waals surface area contributed by atoms with E-state index in [4.69, 9.17) is 28.2 Å². The maximum Gasteiger partial charge on any atom is 0.294 e. The molecule has 3 aromatic rings. The second-order valence-corrected chi connectivity index (χ2v) is 11.9. The number of hydrogen-bond acceptors (Lipinski definition) is 9. The van der Waals surface area contributed by atoms with Crippen molar-refractivity contribution in [2.75, 3.05) is 36.6 Å². The molecule has 13 heteroatoms. The van der Waals surface area contributed by atoms with Crippen molar-refractivity contribution in [3.8, 4) is 33.5 Å². The summed E-state index contributed by atoms with van der Waals surface area (Å²) in [6, 6.07) is 12.7. The van der Waals surface area contributed by atoms with Gasteiger partial charge in [0.05, 0.1) is 27.1 Å². The van der Waals surface area contributed by atoms with Gasteiger partial charge in [-0.25, -0.2) is 18.4 Å². The first-order valence-corrected chi connectivity index (χ1v) is 14.1. The maximum atomic E-state index is 11.8. The summed E-state index contributed by atoms with van der Waals surface area (Å²) in [5, 5.41) is 12.8. The van der Waals surface area contributed by atoms with Gasteiger partial charge in [-0.05, 0) is 24.3 Å². The van der Waals surface area contributed by atoms with Crippen molar-refractivity contribution in [1.82, 2.24) is 9.99 Å². The molecule has 0 unspecified atom stereocenters. The smallest absolute Gasteiger partial charge is 0.294 e. The lowest BCUT2D eigenvalue weighted by Crippen LogP contribution is -2.43. The Balaban J connectivity index is 1.60. The molecule has 0 radical (unpaired) electrons. The zero-order valence-electron chi connectivity index (χ0n) is 18.7. The number of nitrogens with one attached hydrogen (secondary N) is 1. The average Bonchev–Trinajstić information content (AvgIpc) is 3.24. The lowest BCUT2D eigenvalue weighted by Gasteiger charge is -2.26. The molecule has 0 atom stereocenters. The van der Waals surface area contributed by atoms with Gasteiger partial charge >= 0.3 is 0 Å². The fraction of sp³-hybridized carbons (Fsp3) is 0.261. The molecule has 1 saturated heterocycles. The Labute approximate surface area is 222 Å². The highest BCUT2D eigenvalue weighted by molar-refractivity contribution is 7.91. The van der Waals surface area contributed by atoms with Crippen molar-refractivity contribution >= 4 is 49.5 Å². The predicted molar refractivity (Wildman–Crippen MR) is 141 cm³/mol. The number of aromatic nitrogens is 1. The van der Waals surface area contributed by atoms with E-state index in [0.29, 0.717) is 34.0 Å². The molecular formula is C23H20Cl2N4O5S2. The maximum absolute atomic E-state index is 11.8. The van der Waals surface area contributed by atoms with Crippen LogP contribution in [-0.4, -0.2) is 54.7 Å². The van der Waals surface area contributed by atoms with Crippen LogP contribution in [0.15, 0.2) is 42.5 Å². The van der Waals surface area contributed by atoms with Crippen molar-refractivity contribution in [1.29, 1.82) is 0 Å². The Bertz CT molecular complexity index is 1420. The fourth-order valence-electron chi connectivity index (χ4n) is 3.43. The molecule has 1 fully saturated rings. The highest BCUT2D eigenvalue weighted by Gasteiger charge is 2.24. The minimum absolute atomic E-state index is 0.0825. The van der Waals surface area contributed by atoms with E-state index in [1.807, 2.05) is 35.3 Å². The SMILES string of the molecule is O=[N+]([O-])OCCC#Cc1ccc(-c2nc(NN3CCS(=O)(=O)CC3)sc2-c2ccc(Cl)cc2Cl)cc1. The van der Waals surface area contributed by atoms with Gasteiger partial charge in [-0.3, -0.25) is 5.43 Å². The molecule has 0 saturated carbocycles. The summed E-state index contributed by atoms with van der Waals surface area (Å²) in [5.41, 5.74) is 6.29. The minimum Gasteiger partial charge on any atom is -0.313 e. The molecule has 36 heavy (non-hydrogen) atoms. The molecule has 2 aromatic carbocycles. The zero-order chi connectivity index (χ0) is 25.7. The van der Waals surface area contributed by atoms with Crippen LogP contribution < -0.4 is 5.43 Å². The second-order valence-electron chi connectivity index (χ2n) is 7.76. The largest absolute Gasteiger partial charge is 0.313 e.